The van der Waals surface area contributed by atoms with Gasteiger partial charge in [0.1, 0.15) is 5.75 Å². The summed E-state index contributed by atoms with van der Waals surface area (Å²) < 4.78 is 0.795. The monoisotopic (exact) mass is 270 g/mol. The van der Waals surface area contributed by atoms with Crippen LogP contribution < -0.4 is 0 Å². The lowest BCUT2D eigenvalue weighted by atomic mass is 9.96. The van der Waals surface area contributed by atoms with Crippen LogP contribution in [0.5, 0.6) is 5.75 Å². The van der Waals surface area contributed by atoms with E-state index in [2.05, 4.69) is 15.9 Å². The average molecular weight is 271 g/mol. The molecule has 0 atom stereocenters. The SMILES string of the molecule is O=C(O)C1(Cc2ccc(Br)cc2O)CC1. The van der Waals surface area contributed by atoms with Gasteiger partial charge >= 0.3 is 5.97 Å². The van der Waals surface area contributed by atoms with Crippen LogP contribution in [0.2, 0.25) is 0 Å². The first-order chi connectivity index (χ1) is 7.03. The number of aliphatic carboxylic acids is 1. The fraction of sp³-hybridized carbons (Fsp3) is 0.364. The molecule has 4 heteroatoms. The number of phenolic OH excluding ortho intramolecular Hbond substituents is 1. The van der Waals surface area contributed by atoms with E-state index in [0.717, 1.165) is 4.47 Å². The Morgan fingerprint density at radius 2 is 2.13 bits per heavy atom. The van der Waals surface area contributed by atoms with E-state index in [0.29, 0.717) is 24.8 Å². The summed E-state index contributed by atoms with van der Waals surface area (Å²) in [5, 5.41) is 18.7. The Balaban J connectivity index is 2.21. The smallest absolute Gasteiger partial charge is 0.309 e. The molecule has 80 valence electrons. The van der Waals surface area contributed by atoms with Crippen LogP contribution in [-0.4, -0.2) is 16.2 Å². The molecule has 3 nitrogen and oxygen atoms in total. The van der Waals surface area contributed by atoms with Crippen molar-refractivity contribution in [3.63, 3.8) is 0 Å². The Morgan fingerprint density at radius 1 is 1.47 bits per heavy atom. The molecule has 1 aliphatic carbocycles. The molecule has 1 fully saturated rings. The Labute approximate surface area is 95.9 Å². The third-order valence-electron chi connectivity index (χ3n) is 2.88. The molecule has 0 aromatic heterocycles. The number of hydrogen-bond acceptors (Lipinski definition) is 2. The third kappa shape index (κ3) is 2.00. The molecule has 0 saturated heterocycles. The number of benzene rings is 1. The first kappa shape index (κ1) is 10.5. The molecule has 0 bridgehead atoms. The van der Waals surface area contributed by atoms with Gasteiger partial charge in [-0.25, -0.2) is 0 Å². The van der Waals surface area contributed by atoms with Crippen molar-refractivity contribution in [3.8, 4) is 5.75 Å². The Hall–Kier alpha value is -1.03. The van der Waals surface area contributed by atoms with Crippen molar-refractivity contribution < 1.29 is 15.0 Å². The summed E-state index contributed by atoms with van der Waals surface area (Å²) in [4.78, 5) is 11.0. The van der Waals surface area contributed by atoms with Crippen LogP contribution in [-0.2, 0) is 11.2 Å². The van der Waals surface area contributed by atoms with Crippen molar-refractivity contribution in [2.24, 2.45) is 5.41 Å². The van der Waals surface area contributed by atoms with E-state index in [9.17, 15) is 9.90 Å². The zero-order valence-corrected chi connectivity index (χ0v) is 9.62. The lowest BCUT2D eigenvalue weighted by Crippen LogP contribution is -2.17. The van der Waals surface area contributed by atoms with Crippen molar-refractivity contribution in [3.05, 3.63) is 28.2 Å². The second kappa shape index (κ2) is 3.52. The number of halogens is 1. The van der Waals surface area contributed by atoms with Gasteiger partial charge in [-0.2, -0.15) is 0 Å². The number of carboxylic acid groups (broad SMARTS) is 1. The van der Waals surface area contributed by atoms with Crippen LogP contribution in [0.4, 0.5) is 0 Å². The highest BCUT2D eigenvalue weighted by Crippen LogP contribution is 2.49. The minimum Gasteiger partial charge on any atom is -0.508 e. The average Bonchev–Trinajstić information content (AvgIpc) is 2.91. The van der Waals surface area contributed by atoms with E-state index in [1.165, 1.54) is 0 Å². The summed E-state index contributed by atoms with van der Waals surface area (Å²) in [5.41, 5.74) is 0.0868. The maximum Gasteiger partial charge on any atom is 0.309 e. The topological polar surface area (TPSA) is 57.5 Å². The largest absolute Gasteiger partial charge is 0.508 e. The standard InChI is InChI=1S/C11H11BrO3/c12-8-2-1-7(9(13)5-8)6-11(3-4-11)10(14)15/h1-2,5,13H,3-4,6H2,(H,14,15). The predicted molar refractivity (Wildman–Crippen MR) is 58.8 cm³/mol. The second-order valence-corrected chi connectivity index (χ2v) is 4.95. The van der Waals surface area contributed by atoms with Gasteiger partial charge < -0.3 is 10.2 Å². The van der Waals surface area contributed by atoms with Gasteiger partial charge in [0.15, 0.2) is 0 Å². The quantitative estimate of drug-likeness (QED) is 0.888. The van der Waals surface area contributed by atoms with Gasteiger partial charge in [0, 0.05) is 4.47 Å². The van der Waals surface area contributed by atoms with Crippen molar-refractivity contribution in [1.29, 1.82) is 0 Å². The maximum absolute atomic E-state index is 11.0. The van der Waals surface area contributed by atoms with Gasteiger partial charge in [0.2, 0.25) is 0 Å². The maximum atomic E-state index is 11.0. The molecule has 1 aliphatic rings. The molecular weight excluding hydrogens is 260 g/mol. The normalized spacial score (nSPS) is 17.4. The minimum absolute atomic E-state index is 0.164. The van der Waals surface area contributed by atoms with Crippen LogP contribution in [0, 0.1) is 5.41 Å². The van der Waals surface area contributed by atoms with Crippen molar-refractivity contribution >= 4 is 21.9 Å². The van der Waals surface area contributed by atoms with E-state index in [-0.39, 0.29) is 5.75 Å². The van der Waals surface area contributed by atoms with Crippen LogP contribution >= 0.6 is 15.9 Å². The van der Waals surface area contributed by atoms with Gasteiger partial charge in [-0.3, -0.25) is 4.79 Å². The Bertz CT molecular complexity index is 410. The zero-order valence-electron chi connectivity index (χ0n) is 8.03. The van der Waals surface area contributed by atoms with Crippen LogP contribution in [0.15, 0.2) is 22.7 Å². The Morgan fingerprint density at radius 3 is 2.60 bits per heavy atom. The molecule has 1 aromatic carbocycles. The van der Waals surface area contributed by atoms with Crippen molar-refractivity contribution in [2.45, 2.75) is 19.3 Å². The first-order valence-corrected chi connectivity index (χ1v) is 5.54. The second-order valence-electron chi connectivity index (χ2n) is 4.04. The lowest BCUT2D eigenvalue weighted by molar-refractivity contribution is -0.143. The molecule has 1 aromatic rings. The van der Waals surface area contributed by atoms with Crippen LogP contribution in [0.25, 0.3) is 0 Å². The molecule has 2 rings (SSSR count). The molecule has 0 radical (unpaired) electrons. The van der Waals surface area contributed by atoms with E-state index in [1.54, 1.807) is 12.1 Å². The molecule has 0 heterocycles. The minimum atomic E-state index is -0.759. The number of carboxylic acids is 1. The van der Waals surface area contributed by atoms with Gasteiger partial charge in [0.05, 0.1) is 5.41 Å². The molecule has 0 spiro atoms. The lowest BCUT2D eigenvalue weighted by Gasteiger charge is -2.10. The number of aromatic hydroxyl groups is 1. The van der Waals surface area contributed by atoms with Gasteiger partial charge in [-0.1, -0.05) is 22.0 Å². The molecular formula is C11H11BrO3. The highest BCUT2D eigenvalue weighted by atomic mass is 79.9. The number of hydrogen-bond donors (Lipinski definition) is 2. The van der Waals surface area contributed by atoms with E-state index in [1.807, 2.05) is 6.07 Å². The fourth-order valence-corrected chi connectivity index (χ4v) is 2.02. The molecule has 1 saturated carbocycles. The molecule has 0 aliphatic heterocycles. The summed E-state index contributed by atoms with van der Waals surface area (Å²) in [6.45, 7) is 0. The highest BCUT2D eigenvalue weighted by molar-refractivity contribution is 9.10. The van der Waals surface area contributed by atoms with Gasteiger partial charge in [0.25, 0.3) is 0 Å². The first-order valence-electron chi connectivity index (χ1n) is 4.74. The summed E-state index contributed by atoms with van der Waals surface area (Å²) in [5.74, 6) is -0.596. The number of carbonyl (C=O) groups is 1. The Kier molecular flexibility index (Phi) is 2.46. The van der Waals surface area contributed by atoms with Crippen LogP contribution in [0.1, 0.15) is 18.4 Å². The molecule has 2 N–H and O–H groups in total. The summed E-state index contributed by atoms with van der Waals surface area (Å²) in [7, 11) is 0. The highest BCUT2D eigenvalue weighted by Gasteiger charge is 2.50. The summed E-state index contributed by atoms with van der Waals surface area (Å²) in [6, 6.07) is 5.17. The van der Waals surface area contributed by atoms with Crippen molar-refractivity contribution in [1.82, 2.24) is 0 Å². The van der Waals surface area contributed by atoms with E-state index < -0.39 is 11.4 Å². The molecule has 0 unspecified atom stereocenters. The van der Waals surface area contributed by atoms with Gasteiger partial charge in [-0.15, -0.1) is 0 Å². The number of rotatable bonds is 3. The third-order valence-corrected chi connectivity index (χ3v) is 3.38. The summed E-state index contributed by atoms with van der Waals surface area (Å²) >= 11 is 3.24. The molecule has 15 heavy (non-hydrogen) atoms. The zero-order chi connectivity index (χ0) is 11.1. The number of phenols is 1. The fourth-order valence-electron chi connectivity index (χ4n) is 1.67. The van der Waals surface area contributed by atoms with Gasteiger partial charge in [-0.05, 0) is 37.0 Å². The van der Waals surface area contributed by atoms with Crippen LogP contribution in [0.3, 0.4) is 0 Å². The van der Waals surface area contributed by atoms with E-state index >= 15 is 0 Å². The summed E-state index contributed by atoms with van der Waals surface area (Å²) in [6.07, 6.45) is 1.83. The predicted octanol–water partition coefficient (Wildman–Crippen LogP) is 2.56. The van der Waals surface area contributed by atoms with E-state index in [4.69, 9.17) is 5.11 Å². The van der Waals surface area contributed by atoms with Crippen molar-refractivity contribution in [2.75, 3.05) is 0 Å². The molecule has 0 amide bonds.